The normalized spacial score (nSPS) is 10.2. The molecule has 0 atom stereocenters. The summed E-state index contributed by atoms with van der Waals surface area (Å²) in [6.45, 7) is 0.136. The van der Waals surface area contributed by atoms with E-state index in [-0.39, 0.29) is 6.61 Å². The largest absolute Gasteiger partial charge is 0.396 e. The summed E-state index contributed by atoms with van der Waals surface area (Å²) in [5.74, 6) is 0. The van der Waals surface area contributed by atoms with Gasteiger partial charge in [-0.25, -0.2) is 0 Å². The summed E-state index contributed by atoms with van der Waals surface area (Å²) in [6, 6.07) is 12.9. The Kier molecular flexibility index (Phi) is 4.15. The van der Waals surface area contributed by atoms with Gasteiger partial charge in [0.2, 0.25) is 6.29 Å². The van der Waals surface area contributed by atoms with Crippen LogP contribution in [0.25, 0.3) is 0 Å². The Bertz CT molecular complexity index is 565. The van der Waals surface area contributed by atoms with Crippen LogP contribution in [0.3, 0.4) is 0 Å². The number of rotatable bonds is 5. The molecule has 0 unspecified atom stereocenters. The highest BCUT2D eigenvalue weighted by Crippen LogP contribution is 2.25. The minimum Gasteiger partial charge on any atom is -0.396 e. The molecular formula is C15H15N2O2. The number of nitrogens with one attached hydrogen (secondary N) is 1. The fourth-order valence-electron chi connectivity index (χ4n) is 1.80. The molecule has 2 rings (SSSR count). The molecule has 2 aromatic rings. The van der Waals surface area contributed by atoms with E-state index in [1.807, 2.05) is 24.3 Å². The molecule has 0 aliphatic heterocycles. The molecule has 97 valence electrons. The summed E-state index contributed by atoms with van der Waals surface area (Å²) >= 11 is 0. The Balaban J connectivity index is 2.19. The molecule has 4 nitrogen and oxygen atoms in total. The molecule has 0 aromatic heterocycles. The van der Waals surface area contributed by atoms with Crippen LogP contribution in [0.2, 0.25) is 0 Å². The molecule has 0 bridgehead atoms. The van der Waals surface area contributed by atoms with E-state index < -0.39 is 0 Å². The van der Waals surface area contributed by atoms with Gasteiger partial charge in [-0.05, 0) is 36.2 Å². The van der Waals surface area contributed by atoms with Gasteiger partial charge < -0.3 is 16.2 Å². The van der Waals surface area contributed by atoms with Crippen LogP contribution in [0, 0.1) is 0 Å². The van der Waals surface area contributed by atoms with Gasteiger partial charge in [0.25, 0.3) is 0 Å². The molecule has 0 fully saturated rings. The Hall–Kier alpha value is -2.33. The summed E-state index contributed by atoms with van der Waals surface area (Å²) in [5, 5.41) is 12.0. The van der Waals surface area contributed by atoms with Crippen LogP contribution in [-0.2, 0) is 11.2 Å². The second-order valence-electron chi connectivity index (χ2n) is 4.16. The van der Waals surface area contributed by atoms with Gasteiger partial charge in [-0.2, -0.15) is 0 Å². The number of carbonyl (C=O) groups excluding carboxylic acids is 1. The minimum atomic E-state index is 0.136. The number of aliphatic hydroxyl groups is 1. The zero-order valence-corrected chi connectivity index (χ0v) is 10.4. The number of hydrogen-bond donors (Lipinski definition) is 3. The van der Waals surface area contributed by atoms with Gasteiger partial charge in [0, 0.05) is 12.3 Å². The first-order chi connectivity index (χ1) is 9.24. The lowest BCUT2D eigenvalue weighted by Gasteiger charge is -2.11. The third-order valence-corrected chi connectivity index (χ3v) is 2.85. The van der Waals surface area contributed by atoms with E-state index in [1.54, 1.807) is 24.5 Å². The monoisotopic (exact) mass is 255 g/mol. The highest BCUT2D eigenvalue weighted by atomic mass is 16.2. The number of benzene rings is 2. The average molecular weight is 255 g/mol. The van der Waals surface area contributed by atoms with E-state index in [0.29, 0.717) is 23.4 Å². The maximum absolute atomic E-state index is 10.7. The summed E-state index contributed by atoms with van der Waals surface area (Å²) in [7, 11) is 0. The number of para-hydroxylation sites is 1. The molecule has 0 saturated carbocycles. The van der Waals surface area contributed by atoms with Gasteiger partial charge in [-0.3, -0.25) is 4.79 Å². The summed E-state index contributed by atoms with van der Waals surface area (Å²) in [4.78, 5) is 10.7. The number of aliphatic hydroxyl groups excluding tert-OH is 1. The van der Waals surface area contributed by atoms with E-state index in [1.165, 1.54) is 0 Å². The topological polar surface area (TPSA) is 75.4 Å². The van der Waals surface area contributed by atoms with Crippen LogP contribution in [0.1, 0.15) is 11.1 Å². The Labute approximate surface area is 111 Å². The van der Waals surface area contributed by atoms with Crippen LogP contribution in [0.15, 0.2) is 42.5 Å². The first-order valence-electron chi connectivity index (χ1n) is 5.98. The first kappa shape index (κ1) is 13.1. The van der Waals surface area contributed by atoms with Gasteiger partial charge in [0.1, 0.15) is 0 Å². The van der Waals surface area contributed by atoms with Crippen molar-refractivity contribution in [1.29, 1.82) is 0 Å². The smallest absolute Gasteiger partial charge is 0.235 e. The zero-order valence-electron chi connectivity index (χ0n) is 10.4. The van der Waals surface area contributed by atoms with Crippen molar-refractivity contribution in [2.75, 3.05) is 17.7 Å². The lowest BCUT2D eigenvalue weighted by molar-refractivity contribution is 0.299. The highest BCUT2D eigenvalue weighted by Gasteiger charge is 2.04. The van der Waals surface area contributed by atoms with Crippen LogP contribution in [0.4, 0.5) is 17.1 Å². The Morgan fingerprint density at radius 1 is 1.16 bits per heavy atom. The second kappa shape index (κ2) is 6.02. The van der Waals surface area contributed by atoms with Gasteiger partial charge >= 0.3 is 0 Å². The molecule has 1 radical (unpaired) electrons. The van der Waals surface area contributed by atoms with Crippen molar-refractivity contribution in [2.45, 2.75) is 6.42 Å². The zero-order chi connectivity index (χ0) is 13.7. The molecule has 19 heavy (non-hydrogen) atoms. The molecule has 4 N–H and O–H groups in total. The van der Waals surface area contributed by atoms with Crippen molar-refractivity contribution in [3.8, 4) is 0 Å². The SMILES string of the molecule is Nc1c([C]=O)cccc1Nc1ccc(CCO)cc1. The fraction of sp³-hybridized carbons (Fsp3) is 0.133. The van der Waals surface area contributed by atoms with E-state index in [9.17, 15) is 4.79 Å². The highest BCUT2D eigenvalue weighted by molar-refractivity contribution is 5.90. The van der Waals surface area contributed by atoms with Gasteiger partial charge in [0.05, 0.1) is 16.9 Å². The molecule has 0 amide bonds. The van der Waals surface area contributed by atoms with Crippen molar-refractivity contribution >= 4 is 23.3 Å². The quantitative estimate of drug-likeness (QED) is 0.714. The molecule has 4 heteroatoms. The first-order valence-corrected chi connectivity index (χ1v) is 5.98. The number of anilines is 3. The van der Waals surface area contributed by atoms with Crippen molar-refractivity contribution in [3.05, 3.63) is 53.6 Å². The fourth-order valence-corrected chi connectivity index (χ4v) is 1.80. The van der Waals surface area contributed by atoms with Crippen LogP contribution >= 0.6 is 0 Å². The second-order valence-corrected chi connectivity index (χ2v) is 4.16. The molecular weight excluding hydrogens is 240 g/mol. The lowest BCUT2D eigenvalue weighted by Crippen LogP contribution is -2.00. The van der Waals surface area contributed by atoms with Crippen molar-refractivity contribution in [1.82, 2.24) is 0 Å². The molecule has 0 saturated heterocycles. The van der Waals surface area contributed by atoms with Crippen molar-refractivity contribution < 1.29 is 9.90 Å². The van der Waals surface area contributed by atoms with E-state index in [2.05, 4.69) is 5.32 Å². The summed E-state index contributed by atoms with van der Waals surface area (Å²) < 4.78 is 0. The Morgan fingerprint density at radius 3 is 2.53 bits per heavy atom. The molecule has 0 aliphatic carbocycles. The molecule has 2 aromatic carbocycles. The van der Waals surface area contributed by atoms with Crippen LogP contribution in [-0.4, -0.2) is 18.0 Å². The maximum Gasteiger partial charge on any atom is 0.235 e. The standard InChI is InChI=1S/C15H15N2O2/c16-15-12(10-19)2-1-3-14(15)17-13-6-4-11(5-7-13)8-9-18/h1-7,17-18H,8-9,16H2. The number of hydrogen-bond acceptors (Lipinski definition) is 4. The minimum absolute atomic E-state index is 0.136. The predicted octanol–water partition coefficient (Wildman–Crippen LogP) is 2.00. The van der Waals surface area contributed by atoms with Gasteiger partial charge in [0.15, 0.2) is 0 Å². The van der Waals surface area contributed by atoms with Crippen molar-refractivity contribution in [3.63, 3.8) is 0 Å². The summed E-state index contributed by atoms with van der Waals surface area (Å²) in [6.07, 6.45) is 2.44. The summed E-state index contributed by atoms with van der Waals surface area (Å²) in [5.41, 5.74) is 9.21. The van der Waals surface area contributed by atoms with E-state index in [0.717, 1.165) is 11.3 Å². The third-order valence-electron chi connectivity index (χ3n) is 2.85. The van der Waals surface area contributed by atoms with Crippen LogP contribution < -0.4 is 11.1 Å². The van der Waals surface area contributed by atoms with Gasteiger partial charge in [-0.1, -0.05) is 18.2 Å². The van der Waals surface area contributed by atoms with E-state index >= 15 is 0 Å². The molecule has 0 spiro atoms. The molecule has 0 heterocycles. The predicted molar refractivity (Wildman–Crippen MR) is 76.2 cm³/mol. The average Bonchev–Trinajstić information content (AvgIpc) is 2.43. The number of nitrogen functional groups attached to an aromatic ring is 1. The van der Waals surface area contributed by atoms with Crippen LogP contribution in [0.5, 0.6) is 0 Å². The third kappa shape index (κ3) is 3.11. The van der Waals surface area contributed by atoms with E-state index in [4.69, 9.17) is 10.8 Å². The number of nitrogens with two attached hydrogens (primary N) is 1. The maximum atomic E-state index is 10.7. The van der Waals surface area contributed by atoms with Crippen molar-refractivity contribution in [2.24, 2.45) is 0 Å². The molecule has 0 aliphatic rings. The Morgan fingerprint density at radius 2 is 1.89 bits per heavy atom. The lowest BCUT2D eigenvalue weighted by atomic mass is 10.1. The van der Waals surface area contributed by atoms with Gasteiger partial charge in [-0.15, -0.1) is 0 Å².